The van der Waals surface area contributed by atoms with Gasteiger partial charge in [0.1, 0.15) is 23.1 Å². The van der Waals surface area contributed by atoms with Gasteiger partial charge in [0.15, 0.2) is 0 Å². The molecule has 0 aliphatic carbocycles. The third-order valence-electron chi connectivity index (χ3n) is 3.60. The zero-order valence-corrected chi connectivity index (χ0v) is 15.8. The molecule has 136 valence electrons. The summed E-state index contributed by atoms with van der Waals surface area (Å²) in [5.41, 5.74) is 6.36. The van der Waals surface area contributed by atoms with Crippen molar-refractivity contribution in [3.8, 4) is 5.75 Å². The Labute approximate surface area is 161 Å². The van der Waals surface area contributed by atoms with Gasteiger partial charge in [0, 0.05) is 23.6 Å². The maximum Gasteiger partial charge on any atom is 0.275 e. The van der Waals surface area contributed by atoms with Crippen LogP contribution >= 0.6 is 35.3 Å². The third-order valence-corrected chi connectivity index (χ3v) is 4.70. The van der Waals surface area contributed by atoms with E-state index in [-0.39, 0.29) is 24.4 Å². The van der Waals surface area contributed by atoms with Crippen LogP contribution in [0.2, 0.25) is 5.02 Å². The average molecular weight is 404 g/mol. The van der Waals surface area contributed by atoms with E-state index < -0.39 is 0 Å². The highest BCUT2D eigenvalue weighted by Gasteiger charge is 2.18. The molecule has 0 bridgehead atoms. The van der Waals surface area contributed by atoms with Crippen molar-refractivity contribution in [1.82, 2.24) is 4.98 Å². The van der Waals surface area contributed by atoms with Gasteiger partial charge in [0.05, 0.1) is 11.8 Å². The molecule has 1 fully saturated rings. The van der Waals surface area contributed by atoms with Gasteiger partial charge in [-0.25, -0.2) is 4.98 Å². The average Bonchev–Trinajstić information content (AvgIpc) is 3.25. The molecule has 3 rings (SSSR count). The second-order valence-electron chi connectivity index (χ2n) is 5.37. The number of rotatable bonds is 6. The number of halogens is 2. The zero-order valence-electron chi connectivity index (χ0n) is 13.4. The van der Waals surface area contributed by atoms with Gasteiger partial charge >= 0.3 is 0 Å². The molecular formula is C16H19Cl2N3O3S. The lowest BCUT2D eigenvalue weighted by Crippen LogP contribution is -2.18. The van der Waals surface area contributed by atoms with Crippen LogP contribution in [0.25, 0.3) is 0 Å². The number of benzene rings is 1. The maximum absolute atomic E-state index is 12.3. The topological polar surface area (TPSA) is 86.5 Å². The van der Waals surface area contributed by atoms with Crippen LogP contribution in [0.5, 0.6) is 5.75 Å². The number of ether oxygens (including phenoxy) is 2. The summed E-state index contributed by atoms with van der Waals surface area (Å²) in [4.78, 5) is 16.5. The molecule has 2 heterocycles. The molecule has 1 aromatic heterocycles. The summed E-state index contributed by atoms with van der Waals surface area (Å²) in [5.74, 6) is 0.229. The number of thiazole rings is 1. The molecule has 1 aromatic carbocycles. The lowest BCUT2D eigenvalue weighted by atomic mass is 10.2. The van der Waals surface area contributed by atoms with Crippen molar-refractivity contribution in [3.05, 3.63) is 39.3 Å². The minimum absolute atomic E-state index is 0. The second kappa shape index (κ2) is 9.35. The third kappa shape index (κ3) is 5.29. The first kappa shape index (κ1) is 19.9. The van der Waals surface area contributed by atoms with Crippen LogP contribution in [-0.2, 0) is 11.3 Å². The number of carbonyl (C=O) groups excluding carboxylic acids is 1. The Hall–Kier alpha value is -1.38. The summed E-state index contributed by atoms with van der Waals surface area (Å²) in [6.07, 6.45) is 2.12. The van der Waals surface area contributed by atoms with Crippen molar-refractivity contribution in [1.29, 1.82) is 0 Å². The molecule has 1 saturated heterocycles. The molecule has 0 radical (unpaired) electrons. The van der Waals surface area contributed by atoms with Gasteiger partial charge in [-0.2, -0.15) is 0 Å². The molecule has 1 atom stereocenters. The Morgan fingerprint density at radius 1 is 1.52 bits per heavy atom. The zero-order chi connectivity index (χ0) is 16.9. The van der Waals surface area contributed by atoms with E-state index in [2.05, 4.69) is 10.3 Å². The summed E-state index contributed by atoms with van der Waals surface area (Å²) >= 11 is 7.39. The SMILES string of the molecule is Cl.NCc1nc(C(=O)Nc2cc(Cl)ccc2OCC2CCCO2)cs1. The van der Waals surface area contributed by atoms with Gasteiger partial charge in [-0.15, -0.1) is 23.7 Å². The fourth-order valence-electron chi connectivity index (χ4n) is 2.38. The molecule has 9 heteroatoms. The predicted octanol–water partition coefficient (Wildman–Crippen LogP) is 3.49. The minimum Gasteiger partial charge on any atom is -0.489 e. The van der Waals surface area contributed by atoms with Crippen molar-refractivity contribution < 1.29 is 14.3 Å². The van der Waals surface area contributed by atoms with Crippen LogP contribution in [0.4, 0.5) is 5.69 Å². The number of amides is 1. The maximum atomic E-state index is 12.3. The number of carbonyl (C=O) groups is 1. The number of hydrogen-bond donors (Lipinski definition) is 2. The van der Waals surface area contributed by atoms with Gasteiger partial charge in [-0.3, -0.25) is 4.79 Å². The van der Waals surface area contributed by atoms with Gasteiger partial charge in [0.25, 0.3) is 5.91 Å². The number of nitrogens with two attached hydrogens (primary N) is 1. The fourth-order valence-corrected chi connectivity index (χ4v) is 3.21. The number of anilines is 1. The van der Waals surface area contributed by atoms with Crippen molar-refractivity contribution in [2.45, 2.75) is 25.5 Å². The van der Waals surface area contributed by atoms with E-state index in [1.165, 1.54) is 11.3 Å². The summed E-state index contributed by atoms with van der Waals surface area (Å²) in [7, 11) is 0. The van der Waals surface area contributed by atoms with Crippen LogP contribution in [0.1, 0.15) is 28.3 Å². The smallest absolute Gasteiger partial charge is 0.275 e. The van der Waals surface area contributed by atoms with E-state index in [4.69, 9.17) is 26.8 Å². The number of nitrogens with zero attached hydrogens (tertiary/aromatic N) is 1. The van der Waals surface area contributed by atoms with E-state index in [0.29, 0.717) is 40.3 Å². The highest BCUT2D eigenvalue weighted by molar-refractivity contribution is 7.09. The Morgan fingerprint density at radius 3 is 3.04 bits per heavy atom. The molecule has 1 amide bonds. The highest BCUT2D eigenvalue weighted by atomic mass is 35.5. The van der Waals surface area contributed by atoms with E-state index in [1.807, 2.05) is 0 Å². The van der Waals surface area contributed by atoms with Crippen molar-refractivity contribution in [2.24, 2.45) is 5.73 Å². The Kier molecular flexibility index (Phi) is 7.46. The van der Waals surface area contributed by atoms with Crippen LogP contribution in [0, 0.1) is 0 Å². The number of hydrogen-bond acceptors (Lipinski definition) is 6. The first-order chi connectivity index (χ1) is 11.7. The molecule has 0 spiro atoms. The number of nitrogens with one attached hydrogen (secondary N) is 1. The highest BCUT2D eigenvalue weighted by Crippen LogP contribution is 2.29. The first-order valence-electron chi connectivity index (χ1n) is 7.65. The molecule has 2 aromatic rings. The van der Waals surface area contributed by atoms with Crippen molar-refractivity contribution >= 4 is 46.9 Å². The first-order valence-corrected chi connectivity index (χ1v) is 8.91. The molecule has 6 nitrogen and oxygen atoms in total. The molecule has 1 unspecified atom stereocenters. The van der Waals surface area contributed by atoms with Gasteiger partial charge < -0.3 is 20.5 Å². The molecule has 0 saturated carbocycles. The van der Waals surface area contributed by atoms with E-state index in [0.717, 1.165) is 19.4 Å². The standard InChI is InChI=1S/C16H18ClN3O3S.ClH/c17-10-3-4-14(23-8-11-2-1-5-22-11)12(6-10)20-16(21)13-9-24-15(7-18)19-13;/h3-4,6,9,11H,1-2,5,7-8,18H2,(H,20,21);1H. The van der Waals surface area contributed by atoms with Gasteiger partial charge in [0.2, 0.25) is 0 Å². The van der Waals surface area contributed by atoms with E-state index in [9.17, 15) is 4.79 Å². The summed E-state index contributed by atoms with van der Waals surface area (Å²) in [5, 5.41) is 5.69. The number of aromatic nitrogens is 1. The minimum atomic E-state index is -0.324. The van der Waals surface area contributed by atoms with Crippen LogP contribution in [0.3, 0.4) is 0 Å². The Bertz CT molecular complexity index is 720. The Balaban J connectivity index is 0.00000225. The summed E-state index contributed by atoms with van der Waals surface area (Å²) in [6, 6.07) is 5.11. The molecule has 3 N–H and O–H groups in total. The van der Waals surface area contributed by atoms with Crippen molar-refractivity contribution in [2.75, 3.05) is 18.5 Å². The van der Waals surface area contributed by atoms with Crippen molar-refractivity contribution in [3.63, 3.8) is 0 Å². The normalized spacial score (nSPS) is 16.3. The summed E-state index contributed by atoms with van der Waals surface area (Å²) in [6.45, 7) is 1.52. The molecule has 1 aliphatic rings. The van der Waals surface area contributed by atoms with Crippen LogP contribution < -0.4 is 15.8 Å². The molecule has 1 aliphatic heterocycles. The van der Waals surface area contributed by atoms with E-state index in [1.54, 1.807) is 23.6 Å². The van der Waals surface area contributed by atoms with Crippen LogP contribution in [-0.4, -0.2) is 30.2 Å². The molecular weight excluding hydrogens is 385 g/mol. The monoisotopic (exact) mass is 403 g/mol. The lowest BCUT2D eigenvalue weighted by molar-refractivity contribution is 0.0682. The van der Waals surface area contributed by atoms with Gasteiger partial charge in [-0.1, -0.05) is 11.6 Å². The summed E-state index contributed by atoms with van der Waals surface area (Å²) < 4.78 is 11.3. The van der Waals surface area contributed by atoms with Gasteiger partial charge in [-0.05, 0) is 31.0 Å². The molecule has 25 heavy (non-hydrogen) atoms. The van der Waals surface area contributed by atoms with Crippen LogP contribution in [0.15, 0.2) is 23.6 Å². The predicted molar refractivity (Wildman–Crippen MR) is 101 cm³/mol. The second-order valence-corrected chi connectivity index (χ2v) is 6.75. The lowest BCUT2D eigenvalue weighted by Gasteiger charge is -2.15. The fraction of sp³-hybridized carbons (Fsp3) is 0.375. The quantitative estimate of drug-likeness (QED) is 0.770. The van der Waals surface area contributed by atoms with E-state index >= 15 is 0 Å². The Morgan fingerprint density at radius 2 is 2.36 bits per heavy atom. The largest absolute Gasteiger partial charge is 0.489 e.